The van der Waals surface area contributed by atoms with Crippen LogP contribution in [0.3, 0.4) is 0 Å². The maximum Gasteiger partial charge on any atom is 0.142 e. The lowest BCUT2D eigenvalue weighted by molar-refractivity contribution is 0.0834. The Kier molecular flexibility index (Phi) is 12.0. The molecule has 0 heterocycles. The Balaban J connectivity index is 0.000000320. The summed E-state index contributed by atoms with van der Waals surface area (Å²) in [7, 11) is 3.78. The number of nitrogens with two attached hydrogens (primary N) is 4. The van der Waals surface area contributed by atoms with Crippen molar-refractivity contribution in [3.05, 3.63) is 36.4 Å². The first-order valence-electron chi connectivity index (χ1n) is 10.00. The van der Waals surface area contributed by atoms with Crippen LogP contribution >= 0.6 is 0 Å². The largest absolute Gasteiger partial charge is 0.489 e. The van der Waals surface area contributed by atoms with E-state index >= 15 is 0 Å². The Morgan fingerprint density at radius 1 is 0.844 bits per heavy atom. The van der Waals surface area contributed by atoms with Gasteiger partial charge in [-0.2, -0.15) is 0 Å². The van der Waals surface area contributed by atoms with Crippen molar-refractivity contribution in [2.45, 2.75) is 12.2 Å². The van der Waals surface area contributed by atoms with Gasteiger partial charge in [0, 0.05) is 24.5 Å². The fourth-order valence-electron chi connectivity index (χ4n) is 2.53. The number of nitrogens with one attached hydrogen (secondary N) is 1. The zero-order chi connectivity index (χ0) is 24.1. The quantitative estimate of drug-likeness (QED) is 0.158. The zero-order valence-electron chi connectivity index (χ0n) is 18.6. The number of likely N-dealkylation sites (N-methyl/N-ethyl adjacent to an activating group) is 1. The van der Waals surface area contributed by atoms with E-state index in [1.54, 1.807) is 36.4 Å². The van der Waals surface area contributed by atoms with Crippen LogP contribution in [0.4, 0.5) is 22.7 Å². The predicted molar refractivity (Wildman–Crippen MR) is 127 cm³/mol. The summed E-state index contributed by atoms with van der Waals surface area (Å²) >= 11 is 0. The fourth-order valence-corrected chi connectivity index (χ4v) is 2.53. The van der Waals surface area contributed by atoms with Crippen molar-refractivity contribution in [3.8, 4) is 11.5 Å². The summed E-state index contributed by atoms with van der Waals surface area (Å²) in [5.74, 6) is 1.03. The molecular weight excluding hydrogens is 416 g/mol. The first-order chi connectivity index (χ1) is 15.1. The third-order valence-corrected chi connectivity index (χ3v) is 4.00. The smallest absolute Gasteiger partial charge is 0.142 e. The summed E-state index contributed by atoms with van der Waals surface area (Å²) in [6, 6.07) is 9.96. The molecule has 0 aliphatic carbocycles. The van der Waals surface area contributed by atoms with Gasteiger partial charge < -0.3 is 52.6 Å². The zero-order valence-corrected chi connectivity index (χ0v) is 18.6. The Labute approximate surface area is 188 Å². The van der Waals surface area contributed by atoms with Crippen LogP contribution < -0.4 is 37.7 Å². The first-order valence-corrected chi connectivity index (χ1v) is 10.00. The van der Waals surface area contributed by atoms with E-state index in [9.17, 15) is 10.2 Å². The SMILES string of the molecule is CN(C)CC(O)COc1ccc(N)cc1N.Nc1ccc(OCC(O)CNCO)c(N)c1. The van der Waals surface area contributed by atoms with Crippen molar-refractivity contribution in [2.24, 2.45) is 0 Å². The summed E-state index contributed by atoms with van der Waals surface area (Å²) in [5, 5.41) is 30.1. The summed E-state index contributed by atoms with van der Waals surface area (Å²) < 4.78 is 10.7. The second-order valence-electron chi connectivity index (χ2n) is 7.40. The highest BCUT2D eigenvalue weighted by Crippen LogP contribution is 2.24. The molecule has 0 bridgehead atoms. The summed E-state index contributed by atoms with van der Waals surface area (Å²) in [4.78, 5) is 1.89. The number of hydrogen-bond acceptors (Lipinski definition) is 11. The monoisotopic (exact) mass is 452 g/mol. The van der Waals surface area contributed by atoms with Crippen LogP contribution in [-0.4, -0.2) is 79.6 Å². The maximum atomic E-state index is 9.59. The highest BCUT2D eigenvalue weighted by Gasteiger charge is 2.08. The third kappa shape index (κ3) is 10.9. The highest BCUT2D eigenvalue weighted by atomic mass is 16.5. The maximum absolute atomic E-state index is 9.59. The number of nitrogens with zero attached hydrogens (tertiary/aromatic N) is 1. The van der Waals surface area contributed by atoms with Crippen LogP contribution in [0, 0.1) is 0 Å². The molecule has 12 N–H and O–H groups in total. The minimum atomic E-state index is -0.705. The molecule has 0 spiro atoms. The molecule has 32 heavy (non-hydrogen) atoms. The van der Waals surface area contributed by atoms with Gasteiger partial charge >= 0.3 is 0 Å². The van der Waals surface area contributed by atoms with Crippen LogP contribution in [-0.2, 0) is 0 Å². The molecule has 0 aliphatic rings. The number of hydrogen-bond donors (Lipinski definition) is 8. The van der Waals surface area contributed by atoms with Gasteiger partial charge in [-0.3, -0.25) is 5.32 Å². The average molecular weight is 453 g/mol. The Morgan fingerprint density at radius 3 is 1.72 bits per heavy atom. The van der Waals surface area contributed by atoms with Gasteiger partial charge in [0.25, 0.3) is 0 Å². The van der Waals surface area contributed by atoms with Gasteiger partial charge in [0.2, 0.25) is 0 Å². The van der Waals surface area contributed by atoms with Crippen LogP contribution in [0.2, 0.25) is 0 Å². The van der Waals surface area contributed by atoms with Crippen molar-refractivity contribution in [1.82, 2.24) is 10.2 Å². The average Bonchev–Trinajstić information content (AvgIpc) is 2.71. The minimum Gasteiger partial charge on any atom is -0.489 e. The molecule has 0 aliphatic heterocycles. The van der Waals surface area contributed by atoms with Gasteiger partial charge in [0.05, 0.1) is 18.1 Å². The molecular formula is C21H36N6O5. The number of aliphatic hydroxyl groups is 3. The lowest BCUT2D eigenvalue weighted by atomic mass is 10.2. The second kappa shape index (κ2) is 14.2. The first kappa shape index (κ1) is 27.1. The normalized spacial score (nSPS) is 12.6. The highest BCUT2D eigenvalue weighted by molar-refractivity contribution is 5.61. The van der Waals surface area contributed by atoms with E-state index in [0.717, 1.165) is 0 Å². The van der Waals surface area contributed by atoms with Gasteiger partial charge in [0.1, 0.15) is 36.9 Å². The van der Waals surface area contributed by atoms with E-state index in [0.29, 0.717) is 40.8 Å². The van der Waals surface area contributed by atoms with E-state index < -0.39 is 12.2 Å². The van der Waals surface area contributed by atoms with E-state index in [4.69, 9.17) is 37.5 Å². The van der Waals surface area contributed by atoms with E-state index in [-0.39, 0.29) is 26.5 Å². The molecule has 2 rings (SSSR count). The molecule has 0 aromatic heterocycles. The number of ether oxygens (including phenoxy) is 2. The van der Waals surface area contributed by atoms with Crippen molar-refractivity contribution >= 4 is 22.7 Å². The van der Waals surface area contributed by atoms with Crippen molar-refractivity contribution in [1.29, 1.82) is 0 Å². The molecule has 0 saturated heterocycles. The van der Waals surface area contributed by atoms with Gasteiger partial charge in [-0.15, -0.1) is 0 Å². The standard InChI is InChI=1S/C11H19N3O2.C10H17N3O3/c1-14(2)6-9(15)7-16-11-4-3-8(12)5-10(11)13;11-7-1-2-10(9(12)3-7)16-5-8(15)4-13-6-14/h3-5,9,15H,6-7,12-13H2,1-2H3;1-3,8,13-15H,4-6,11-12H2. The molecule has 0 radical (unpaired) electrons. The molecule has 2 aromatic carbocycles. The van der Waals surface area contributed by atoms with Gasteiger partial charge in [0.15, 0.2) is 0 Å². The number of aliphatic hydroxyl groups excluding tert-OH is 3. The van der Waals surface area contributed by atoms with E-state index in [1.165, 1.54) is 0 Å². The molecule has 2 unspecified atom stereocenters. The summed E-state index contributed by atoms with van der Waals surface area (Å²) in [5.41, 5.74) is 24.5. The second-order valence-corrected chi connectivity index (χ2v) is 7.40. The molecule has 11 nitrogen and oxygen atoms in total. The van der Waals surface area contributed by atoms with Crippen LogP contribution in [0.15, 0.2) is 36.4 Å². The Hall–Kier alpha value is -2.96. The molecule has 2 atom stereocenters. The number of anilines is 4. The van der Waals surface area contributed by atoms with Gasteiger partial charge in [-0.05, 0) is 50.5 Å². The van der Waals surface area contributed by atoms with Gasteiger partial charge in [-0.1, -0.05) is 0 Å². The fraction of sp³-hybridized carbons (Fsp3) is 0.429. The lowest BCUT2D eigenvalue weighted by Crippen LogP contribution is -2.31. The molecule has 11 heteroatoms. The molecule has 180 valence electrons. The van der Waals surface area contributed by atoms with Crippen molar-refractivity contribution < 1.29 is 24.8 Å². The van der Waals surface area contributed by atoms with Crippen LogP contribution in [0.1, 0.15) is 0 Å². The molecule has 0 amide bonds. The van der Waals surface area contributed by atoms with Crippen molar-refractivity contribution in [2.75, 3.05) is 70.1 Å². The van der Waals surface area contributed by atoms with Crippen LogP contribution in [0.5, 0.6) is 11.5 Å². The predicted octanol–water partition coefficient (Wildman–Crippen LogP) is -0.718. The van der Waals surface area contributed by atoms with E-state index in [1.807, 2.05) is 19.0 Å². The molecule has 0 saturated carbocycles. The topological polar surface area (TPSA) is 198 Å². The molecule has 2 aromatic rings. The summed E-state index contributed by atoms with van der Waals surface area (Å²) in [6.07, 6.45) is -1.24. The number of benzene rings is 2. The van der Waals surface area contributed by atoms with Gasteiger partial charge in [-0.25, -0.2) is 0 Å². The molecule has 0 fully saturated rings. The third-order valence-electron chi connectivity index (χ3n) is 4.00. The Morgan fingerprint density at radius 2 is 1.31 bits per heavy atom. The van der Waals surface area contributed by atoms with Crippen LogP contribution in [0.25, 0.3) is 0 Å². The lowest BCUT2D eigenvalue weighted by Gasteiger charge is -2.17. The minimum absolute atomic E-state index is 0.0983. The summed E-state index contributed by atoms with van der Waals surface area (Å²) in [6.45, 7) is 0.939. The van der Waals surface area contributed by atoms with E-state index in [2.05, 4.69) is 5.32 Å². The van der Waals surface area contributed by atoms with Crippen molar-refractivity contribution in [3.63, 3.8) is 0 Å². The Bertz CT molecular complexity index is 808. The number of rotatable bonds is 11. The number of nitrogen functional groups attached to an aromatic ring is 4.